The van der Waals surface area contributed by atoms with E-state index in [9.17, 15) is 13.2 Å². The quantitative estimate of drug-likeness (QED) is 0.843. The van der Waals surface area contributed by atoms with E-state index in [-0.39, 0.29) is 30.3 Å². The molecular weight excluding hydrogens is 271 g/mol. The molecule has 1 aromatic rings. The molecule has 0 saturated carbocycles. The third kappa shape index (κ3) is 4.34. The predicted molar refractivity (Wildman–Crippen MR) is 69.4 cm³/mol. The molecule has 1 heterocycles. The first-order valence-corrected chi connectivity index (χ1v) is 6.07. The molecule has 0 aliphatic rings. The Labute approximate surface area is 114 Å². The summed E-state index contributed by atoms with van der Waals surface area (Å²) in [5, 5.41) is 3.62. The van der Waals surface area contributed by atoms with E-state index in [1.807, 2.05) is 0 Å². The van der Waals surface area contributed by atoms with Crippen LogP contribution in [0.3, 0.4) is 0 Å². The van der Waals surface area contributed by atoms with Crippen molar-refractivity contribution in [3.63, 3.8) is 0 Å². The van der Waals surface area contributed by atoms with Crippen LogP contribution in [-0.4, -0.2) is 16.3 Å². The van der Waals surface area contributed by atoms with Gasteiger partial charge in [0.2, 0.25) is 11.7 Å². The molecule has 0 spiro atoms. The summed E-state index contributed by atoms with van der Waals surface area (Å²) in [6, 6.07) is 0. The molecule has 0 unspecified atom stereocenters. The summed E-state index contributed by atoms with van der Waals surface area (Å²) < 4.78 is 43.4. The Morgan fingerprint density at radius 3 is 2.55 bits per heavy atom. The fourth-order valence-corrected chi connectivity index (χ4v) is 1.47. The Bertz CT molecular complexity index is 527. The molecule has 2 N–H and O–H groups in total. The molecule has 0 aromatic carbocycles. The summed E-state index contributed by atoms with van der Waals surface area (Å²) in [6.07, 6.45) is 1.03. The van der Waals surface area contributed by atoms with E-state index in [0.717, 1.165) is 12.2 Å². The number of aromatic nitrogens is 2. The van der Waals surface area contributed by atoms with Gasteiger partial charge in [-0.2, -0.15) is 18.2 Å². The Morgan fingerprint density at radius 2 is 2.10 bits per heavy atom. The van der Waals surface area contributed by atoms with Crippen molar-refractivity contribution in [2.75, 3.05) is 0 Å². The second-order valence-electron chi connectivity index (χ2n) is 3.88. The smallest absolute Gasteiger partial charge is 0.338 e. The first-order valence-electron chi connectivity index (χ1n) is 6.07. The van der Waals surface area contributed by atoms with Gasteiger partial charge >= 0.3 is 6.18 Å². The minimum Gasteiger partial charge on any atom is -0.338 e. The summed E-state index contributed by atoms with van der Waals surface area (Å²) in [6.45, 7) is 3.36. The molecule has 110 valence electrons. The Morgan fingerprint density at radius 1 is 1.40 bits per heavy atom. The molecular formula is C13H16F3N3O. The average Bonchev–Trinajstić information content (AvgIpc) is 2.84. The van der Waals surface area contributed by atoms with E-state index < -0.39 is 11.7 Å². The number of rotatable bonds is 5. The zero-order valence-electron chi connectivity index (χ0n) is 11.2. The zero-order chi connectivity index (χ0) is 15.2. The van der Waals surface area contributed by atoms with Crippen LogP contribution in [0, 0.1) is 0 Å². The molecule has 0 atom stereocenters. The summed E-state index contributed by atoms with van der Waals surface area (Å²) in [5.74, 6) is 0.248. The first-order chi connectivity index (χ1) is 9.42. The number of allylic oxidation sites excluding steroid dienone is 6. The lowest BCUT2D eigenvalue weighted by Crippen LogP contribution is -2.10. The molecule has 0 bridgehead atoms. The third-order valence-electron chi connectivity index (χ3n) is 2.31. The molecule has 7 heteroatoms. The lowest BCUT2D eigenvalue weighted by atomic mass is 10.1. The summed E-state index contributed by atoms with van der Waals surface area (Å²) in [5.41, 5.74) is 4.80. The highest BCUT2D eigenvalue weighted by atomic mass is 19.4. The Hall–Kier alpha value is -1.89. The molecule has 20 heavy (non-hydrogen) atoms. The van der Waals surface area contributed by atoms with Gasteiger partial charge in [0.15, 0.2) is 0 Å². The minimum absolute atomic E-state index is 0.0348. The maximum Gasteiger partial charge on any atom is 0.416 e. The van der Waals surface area contributed by atoms with E-state index in [0.29, 0.717) is 0 Å². The first kappa shape index (κ1) is 16.2. The van der Waals surface area contributed by atoms with E-state index in [4.69, 9.17) is 10.3 Å². The van der Waals surface area contributed by atoms with Crippen LogP contribution in [-0.2, 0) is 6.54 Å². The normalized spacial score (nSPS) is 14.3. The van der Waals surface area contributed by atoms with Crippen molar-refractivity contribution in [2.45, 2.75) is 33.0 Å². The highest BCUT2D eigenvalue weighted by Crippen LogP contribution is 2.29. The minimum atomic E-state index is -4.43. The van der Waals surface area contributed by atoms with Gasteiger partial charge in [-0.15, -0.1) is 0 Å². The SMILES string of the molecule is C\C=C/C(=C\C(=C\CC)C(F)(F)F)c1noc(CN)n1. The maximum absolute atomic E-state index is 12.9. The highest BCUT2D eigenvalue weighted by molar-refractivity contribution is 5.72. The Balaban J connectivity index is 3.24. The average molecular weight is 287 g/mol. The van der Waals surface area contributed by atoms with Gasteiger partial charge in [-0.1, -0.05) is 30.3 Å². The number of alkyl halides is 3. The fourth-order valence-electron chi connectivity index (χ4n) is 1.47. The van der Waals surface area contributed by atoms with Crippen molar-refractivity contribution < 1.29 is 17.7 Å². The van der Waals surface area contributed by atoms with Crippen LogP contribution in [0.4, 0.5) is 13.2 Å². The molecule has 1 aromatic heterocycles. The standard InChI is InChI=1S/C13H16F3N3O/c1-3-5-9(12-18-11(8-17)20-19-12)7-10(6-4-2)13(14,15)16/h3,5-7H,4,8,17H2,1-2H3/b5-3-,9-7+,10-6-. The number of nitrogens with two attached hydrogens (primary N) is 1. The van der Waals surface area contributed by atoms with Crippen LogP contribution in [0.2, 0.25) is 0 Å². The topological polar surface area (TPSA) is 64.9 Å². The van der Waals surface area contributed by atoms with Crippen LogP contribution < -0.4 is 5.73 Å². The second-order valence-corrected chi connectivity index (χ2v) is 3.88. The molecule has 4 nitrogen and oxygen atoms in total. The van der Waals surface area contributed by atoms with E-state index >= 15 is 0 Å². The van der Waals surface area contributed by atoms with Crippen molar-refractivity contribution in [3.05, 3.63) is 41.6 Å². The Kier molecular flexibility index (Phi) is 5.69. The van der Waals surface area contributed by atoms with Gasteiger partial charge in [-0.3, -0.25) is 0 Å². The number of hydrogen-bond acceptors (Lipinski definition) is 4. The van der Waals surface area contributed by atoms with Gasteiger partial charge in [-0.05, 0) is 19.4 Å². The molecule has 0 amide bonds. The predicted octanol–water partition coefficient (Wildman–Crippen LogP) is 3.39. The van der Waals surface area contributed by atoms with Crippen molar-refractivity contribution in [1.29, 1.82) is 0 Å². The highest BCUT2D eigenvalue weighted by Gasteiger charge is 2.32. The number of nitrogens with zero attached hydrogens (tertiary/aromatic N) is 2. The zero-order valence-corrected chi connectivity index (χ0v) is 11.2. The van der Waals surface area contributed by atoms with Gasteiger partial charge in [0.05, 0.1) is 12.1 Å². The second kappa shape index (κ2) is 7.04. The van der Waals surface area contributed by atoms with Gasteiger partial charge in [0.25, 0.3) is 0 Å². The number of halogens is 3. The summed E-state index contributed by atoms with van der Waals surface area (Å²) in [7, 11) is 0. The van der Waals surface area contributed by atoms with Crippen LogP contribution in [0.1, 0.15) is 32.0 Å². The van der Waals surface area contributed by atoms with E-state index in [1.54, 1.807) is 19.9 Å². The molecule has 0 saturated heterocycles. The fraction of sp³-hybridized carbons (Fsp3) is 0.385. The summed E-state index contributed by atoms with van der Waals surface area (Å²) >= 11 is 0. The number of hydrogen-bond donors (Lipinski definition) is 1. The molecule has 1 rings (SSSR count). The van der Waals surface area contributed by atoms with Gasteiger partial charge in [-0.25, -0.2) is 0 Å². The van der Waals surface area contributed by atoms with E-state index in [1.165, 1.54) is 6.08 Å². The molecule has 0 aliphatic heterocycles. The van der Waals surface area contributed by atoms with E-state index in [2.05, 4.69) is 10.1 Å². The molecule has 0 radical (unpaired) electrons. The lowest BCUT2D eigenvalue weighted by Gasteiger charge is -2.08. The van der Waals surface area contributed by atoms with Gasteiger partial charge in [0.1, 0.15) is 0 Å². The third-order valence-corrected chi connectivity index (χ3v) is 2.31. The van der Waals surface area contributed by atoms with Crippen molar-refractivity contribution in [3.8, 4) is 0 Å². The van der Waals surface area contributed by atoms with Crippen LogP contribution in [0.5, 0.6) is 0 Å². The van der Waals surface area contributed by atoms with Crippen molar-refractivity contribution in [2.24, 2.45) is 5.73 Å². The largest absolute Gasteiger partial charge is 0.416 e. The van der Waals surface area contributed by atoms with Crippen LogP contribution >= 0.6 is 0 Å². The van der Waals surface area contributed by atoms with Crippen molar-refractivity contribution in [1.82, 2.24) is 10.1 Å². The molecule has 0 fully saturated rings. The monoisotopic (exact) mass is 287 g/mol. The summed E-state index contributed by atoms with van der Waals surface area (Å²) in [4.78, 5) is 3.93. The van der Waals surface area contributed by atoms with Crippen LogP contribution in [0.25, 0.3) is 5.57 Å². The van der Waals surface area contributed by atoms with Gasteiger partial charge < -0.3 is 10.3 Å². The van der Waals surface area contributed by atoms with Crippen LogP contribution in [0.15, 0.2) is 34.4 Å². The maximum atomic E-state index is 12.9. The molecule has 0 aliphatic carbocycles. The van der Waals surface area contributed by atoms with Crippen molar-refractivity contribution >= 4 is 5.57 Å². The van der Waals surface area contributed by atoms with Gasteiger partial charge in [0, 0.05) is 5.57 Å². The lowest BCUT2D eigenvalue weighted by molar-refractivity contribution is -0.0883.